The monoisotopic (exact) mass is 435 g/mol. The number of aromatic nitrogens is 3. The van der Waals surface area contributed by atoms with Gasteiger partial charge in [-0.25, -0.2) is 9.97 Å². The van der Waals surface area contributed by atoms with Crippen molar-refractivity contribution in [2.45, 2.75) is 56.9 Å². The standard InChI is InChI=1S/C24H25N3OS2/c1-14-15(2)30-24-21(14)23(26-22(27-24)16-8-4-3-5-9-16)29-13-20(28)18-12-25-19-11-7-6-10-17(18)19/h6-7,10-12,16,25H,3-5,8-9,13H2,1-2H3. The van der Waals surface area contributed by atoms with E-state index in [1.54, 1.807) is 23.1 Å². The number of rotatable bonds is 5. The van der Waals surface area contributed by atoms with E-state index >= 15 is 0 Å². The van der Waals surface area contributed by atoms with Crippen molar-refractivity contribution in [1.82, 2.24) is 15.0 Å². The van der Waals surface area contributed by atoms with E-state index in [4.69, 9.17) is 9.97 Å². The van der Waals surface area contributed by atoms with Gasteiger partial charge in [0.25, 0.3) is 0 Å². The van der Waals surface area contributed by atoms with Gasteiger partial charge in [0.1, 0.15) is 15.7 Å². The second kappa shape index (κ2) is 8.16. The van der Waals surface area contributed by atoms with Crippen molar-refractivity contribution in [3.05, 3.63) is 52.3 Å². The van der Waals surface area contributed by atoms with Gasteiger partial charge in [-0.05, 0) is 38.3 Å². The summed E-state index contributed by atoms with van der Waals surface area (Å²) in [6, 6.07) is 7.96. The van der Waals surface area contributed by atoms with E-state index in [-0.39, 0.29) is 5.78 Å². The lowest BCUT2D eigenvalue weighted by Gasteiger charge is -2.20. The Morgan fingerprint density at radius 3 is 2.80 bits per heavy atom. The van der Waals surface area contributed by atoms with Gasteiger partial charge in [-0.2, -0.15) is 0 Å². The number of aryl methyl sites for hydroxylation is 2. The van der Waals surface area contributed by atoms with Gasteiger partial charge in [0.2, 0.25) is 0 Å². The van der Waals surface area contributed by atoms with Crippen LogP contribution in [0, 0.1) is 13.8 Å². The van der Waals surface area contributed by atoms with Crippen LogP contribution in [0.4, 0.5) is 0 Å². The van der Waals surface area contributed by atoms with Crippen LogP contribution >= 0.6 is 23.1 Å². The second-order valence-electron chi connectivity index (χ2n) is 8.15. The fourth-order valence-corrected chi connectivity index (χ4v) is 6.47. The van der Waals surface area contributed by atoms with Gasteiger partial charge in [0, 0.05) is 38.8 Å². The fourth-order valence-electron chi connectivity index (χ4n) is 4.39. The zero-order valence-corrected chi connectivity index (χ0v) is 19.0. The van der Waals surface area contributed by atoms with Gasteiger partial charge < -0.3 is 4.98 Å². The van der Waals surface area contributed by atoms with Crippen LogP contribution in [-0.4, -0.2) is 26.5 Å². The molecule has 6 heteroatoms. The SMILES string of the molecule is Cc1sc2nc(C3CCCCC3)nc(SCC(=O)c3c[nH]c4ccccc34)c2c1C. The first-order valence-corrected chi connectivity index (χ1v) is 12.4. The molecule has 1 aliphatic carbocycles. The lowest BCUT2D eigenvalue weighted by molar-refractivity contribution is 0.102. The van der Waals surface area contributed by atoms with Crippen LogP contribution in [0.15, 0.2) is 35.5 Å². The van der Waals surface area contributed by atoms with Crippen LogP contribution in [0.25, 0.3) is 21.1 Å². The number of Topliss-reactive ketones (excluding diaryl/α,β-unsaturated/α-hetero) is 1. The molecule has 0 spiro atoms. The minimum Gasteiger partial charge on any atom is -0.360 e. The number of para-hydroxylation sites is 1. The highest BCUT2D eigenvalue weighted by atomic mass is 32.2. The van der Waals surface area contributed by atoms with E-state index in [1.807, 2.05) is 30.5 Å². The maximum Gasteiger partial charge on any atom is 0.175 e. The van der Waals surface area contributed by atoms with E-state index < -0.39 is 0 Å². The molecule has 154 valence electrons. The maximum atomic E-state index is 13.0. The van der Waals surface area contributed by atoms with E-state index in [9.17, 15) is 4.79 Å². The van der Waals surface area contributed by atoms with Crippen molar-refractivity contribution < 1.29 is 4.79 Å². The smallest absolute Gasteiger partial charge is 0.175 e. The van der Waals surface area contributed by atoms with Crippen molar-refractivity contribution in [2.75, 3.05) is 5.75 Å². The van der Waals surface area contributed by atoms with E-state index in [2.05, 4.69) is 18.8 Å². The van der Waals surface area contributed by atoms with Crippen LogP contribution in [0.5, 0.6) is 0 Å². The number of fused-ring (bicyclic) bond motifs is 2. The first-order valence-electron chi connectivity index (χ1n) is 10.6. The van der Waals surface area contributed by atoms with Crippen molar-refractivity contribution in [1.29, 1.82) is 0 Å². The van der Waals surface area contributed by atoms with Crippen molar-refractivity contribution in [3.8, 4) is 0 Å². The average molecular weight is 436 g/mol. The Bertz CT molecular complexity index is 1230. The molecule has 0 radical (unpaired) electrons. The molecule has 1 aliphatic rings. The third-order valence-corrected chi connectivity index (χ3v) is 8.29. The third kappa shape index (κ3) is 3.56. The van der Waals surface area contributed by atoms with Gasteiger partial charge in [-0.15, -0.1) is 11.3 Å². The number of hydrogen-bond acceptors (Lipinski definition) is 5. The molecule has 5 rings (SSSR count). The van der Waals surface area contributed by atoms with Crippen LogP contribution in [0.2, 0.25) is 0 Å². The normalized spacial score (nSPS) is 15.3. The lowest BCUT2D eigenvalue weighted by atomic mass is 9.89. The number of nitrogens with one attached hydrogen (secondary N) is 1. The molecule has 1 N–H and O–H groups in total. The number of nitrogens with zero attached hydrogens (tertiary/aromatic N) is 2. The summed E-state index contributed by atoms with van der Waals surface area (Å²) in [6.07, 6.45) is 8.01. The molecule has 0 amide bonds. The average Bonchev–Trinajstić information content (AvgIpc) is 3.33. The number of H-pyrrole nitrogens is 1. The molecule has 30 heavy (non-hydrogen) atoms. The summed E-state index contributed by atoms with van der Waals surface area (Å²) < 4.78 is 0. The Morgan fingerprint density at radius 1 is 1.17 bits per heavy atom. The molecule has 3 heterocycles. The molecule has 0 saturated heterocycles. The first kappa shape index (κ1) is 19.8. The molecular formula is C24H25N3OS2. The Labute approximate surface area is 184 Å². The Hall–Kier alpha value is -2.18. The zero-order valence-electron chi connectivity index (χ0n) is 17.3. The van der Waals surface area contributed by atoms with Gasteiger partial charge in [0.15, 0.2) is 5.78 Å². The number of carbonyl (C=O) groups excluding carboxylic acids is 1. The first-order chi connectivity index (χ1) is 14.6. The predicted molar refractivity (Wildman–Crippen MR) is 126 cm³/mol. The molecule has 0 bridgehead atoms. The van der Waals surface area contributed by atoms with E-state index in [1.165, 1.54) is 42.5 Å². The Balaban J connectivity index is 1.47. The van der Waals surface area contributed by atoms with Gasteiger partial charge >= 0.3 is 0 Å². The van der Waals surface area contributed by atoms with Crippen molar-refractivity contribution in [2.24, 2.45) is 0 Å². The molecule has 4 nitrogen and oxygen atoms in total. The van der Waals surface area contributed by atoms with E-state index in [0.717, 1.165) is 37.5 Å². The molecule has 1 fully saturated rings. The molecule has 0 aliphatic heterocycles. The fraction of sp³-hybridized carbons (Fsp3) is 0.375. The molecule has 4 aromatic rings. The summed E-state index contributed by atoms with van der Waals surface area (Å²) in [4.78, 5) is 28.6. The summed E-state index contributed by atoms with van der Waals surface area (Å²) in [5, 5.41) is 3.09. The van der Waals surface area contributed by atoms with Crippen LogP contribution < -0.4 is 0 Å². The number of thioether (sulfide) groups is 1. The van der Waals surface area contributed by atoms with Crippen LogP contribution in [-0.2, 0) is 0 Å². The van der Waals surface area contributed by atoms with E-state index in [0.29, 0.717) is 11.7 Å². The number of thiophene rings is 1. The molecule has 3 aromatic heterocycles. The van der Waals surface area contributed by atoms with Crippen LogP contribution in [0.3, 0.4) is 0 Å². The van der Waals surface area contributed by atoms with Crippen molar-refractivity contribution in [3.63, 3.8) is 0 Å². The molecule has 1 aromatic carbocycles. The highest BCUT2D eigenvalue weighted by molar-refractivity contribution is 8.00. The quantitative estimate of drug-likeness (QED) is 0.212. The Morgan fingerprint density at radius 2 is 1.97 bits per heavy atom. The highest BCUT2D eigenvalue weighted by Crippen LogP contribution is 2.38. The number of aromatic amines is 1. The number of hydrogen-bond donors (Lipinski definition) is 1. The minimum absolute atomic E-state index is 0.132. The van der Waals surface area contributed by atoms with Gasteiger partial charge in [-0.1, -0.05) is 49.2 Å². The highest BCUT2D eigenvalue weighted by Gasteiger charge is 2.23. The largest absolute Gasteiger partial charge is 0.360 e. The molecule has 0 atom stereocenters. The van der Waals surface area contributed by atoms with Gasteiger partial charge in [0.05, 0.1) is 5.75 Å². The summed E-state index contributed by atoms with van der Waals surface area (Å²) in [5.74, 6) is 1.94. The zero-order chi connectivity index (χ0) is 20.7. The lowest BCUT2D eigenvalue weighted by Crippen LogP contribution is -2.10. The molecule has 1 saturated carbocycles. The second-order valence-corrected chi connectivity index (χ2v) is 10.3. The summed E-state index contributed by atoms with van der Waals surface area (Å²) >= 11 is 3.31. The van der Waals surface area contributed by atoms with Gasteiger partial charge in [-0.3, -0.25) is 4.79 Å². The Kier molecular flexibility index (Phi) is 5.37. The minimum atomic E-state index is 0.132. The van der Waals surface area contributed by atoms with Crippen LogP contribution in [0.1, 0.15) is 64.6 Å². The summed E-state index contributed by atoms with van der Waals surface area (Å²) in [5.41, 5.74) is 3.00. The maximum absolute atomic E-state index is 13.0. The molecular weight excluding hydrogens is 410 g/mol. The summed E-state index contributed by atoms with van der Waals surface area (Å²) in [6.45, 7) is 4.29. The number of ketones is 1. The number of carbonyl (C=O) groups is 1. The topological polar surface area (TPSA) is 58.6 Å². The third-order valence-electron chi connectivity index (χ3n) is 6.21. The number of benzene rings is 1. The summed E-state index contributed by atoms with van der Waals surface area (Å²) in [7, 11) is 0. The van der Waals surface area contributed by atoms with Crippen molar-refractivity contribution >= 4 is 50.0 Å². The molecule has 0 unspecified atom stereocenters. The predicted octanol–water partition coefficient (Wildman–Crippen LogP) is 6.81.